The minimum absolute atomic E-state index is 0.136. The van der Waals surface area contributed by atoms with Gasteiger partial charge in [0.25, 0.3) is 0 Å². The fourth-order valence-electron chi connectivity index (χ4n) is 3.19. The molecule has 0 saturated carbocycles. The summed E-state index contributed by atoms with van der Waals surface area (Å²) < 4.78 is 5.87. The van der Waals surface area contributed by atoms with Gasteiger partial charge in [0.2, 0.25) is 0 Å². The van der Waals surface area contributed by atoms with E-state index in [2.05, 4.69) is 0 Å². The van der Waals surface area contributed by atoms with E-state index >= 15 is 0 Å². The average Bonchev–Trinajstić information content (AvgIpc) is 2.96. The summed E-state index contributed by atoms with van der Waals surface area (Å²) in [6, 6.07) is 17.8. The number of rotatable bonds is 5. The van der Waals surface area contributed by atoms with E-state index in [1.165, 1.54) is 0 Å². The molecule has 1 fully saturated rings. The molecule has 0 bridgehead atoms. The lowest BCUT2D eigenvalue weighted by Crippen LogP contribution is -2.34. The Bertz CT molecular complexity index is 671. The minimum atomic E-state index is -0.744. The molecule has 1 saturated heterocycles. The van der Waals surface area contributed by atoms with Gasteiger partial charge in [-0.05, 0) is 43.1 Å². The first kappa shape index (κ1) is 15.6. The first-order valence-corrected chi connectivity index (χ1v) is 7.86. The number of benzene rings is 2. The van der Waals surface area contributed by atoms with Crippen LogP contribution in [0, 0.1) is 0 Å². The Hall–Kier alpha value is -2.33. The van der Waals surface area contributed by atoms with Crippen LogP contribution in [0.1, 0.15) is 30.0 Å². The van der Waals surface area contributed by atoms with E-state index in [1.807, 2.05) is 66.5 Å². The number of carboxylic acids is 1. The maximum absolute atomic E-state index is 11.2. The molecule has 0 amide bonds. The minimum Gasteiger partial charge on any atom is -0.489 e. The lowest BCUT2D eigenvalue weighted by Gasteiger charge is -2.23. The van der Waals surface area contributed by atoms with Crippen molar-refractivity contribution >= 4 is 5.97 Å². The summed E-state index contributed by atoms with van der Waals surface area (Å²) in [4.78, 5) is 13.2. The first-order valence-electron chi connectivity index (χ1n) is 7.86. The Labute approximate surface area is 136 Å². The third kappa shape index (κ3) is 3.54. The summed E-state index contributed by atoms with van der Waals surface area (Å²) in [6.45, 7) is 0.530. The number of ether oxygens (including phenoxy) is 1. The molecule has 0 spiro atoms. The topological polar surface area (TPSA) is 49.8 Å². The third-order valence-corrected chi connectivity index (χ3v) is 4.47. The molecule has 1 aliphatic heterocycles. The van der Waals surface area contributed by atoms with Crippen molar-refractivity contribution in [1.82, 2.24) is 4.90 Å². The van der Waals surface area contributed by atoms with Crippen LogP contribution in [0.3, 0.4) is 0 Å². The summed E-state index contributed by atoms with van der Waals surface area (Å²) >= 11 is 0. The highest BCUT2D eigenvalue weighted by atomic mass is 16.5. The van der Waals surface area contributed by atoms with Crippen molar-refractivity contribution in [1.29, 1.82) is 0 Å². The molecule has 120 valence electrons. The summed E-state index contributed by atoms with van der Waals surface area (Å²) in [5.41, 5.74) is 2.24. The number of likely N-dealkylation sites (tertiary alicyclic amines) is 1. The van der Waals surface area contributed by atoms with Crippen molar-refractivity contribution in [3.05, 3.63) is 65.7 Å². The Morgan fingerprint density at radius 1 is 1.17 bits per heavy atom. The van der Waals surface area contributed by atoms with Crippen molar-refractivity contribution in [2.75, 3.05) is 7.05 Å². The highest BCUT2D eigenvalue weighted by molar-refractivity contribution is 5.74. The first-order chi connectivity index (χ1) is 11.1. The molecule has 1 heterocycles. The molecule has 2 aromatic carbocycles. The van der Waals surface area contributed by atoms with E-state index in [9.17, 15) is 9.90 Å². The zero-order chi connectivity index (χ0) is 16.2. The average molecular weight is 311 g/mol. The lowest BCUT2D eigenvalue weighted by molar-refractivity contribution is -0.142. The third-order valence-electron chi connectivity index (χ3n) is 4.47. The second-order valence-corrected chi connectivity index (χ2v) is 5.96. The van der Waals surface area contributed by atoms with Gasteiger partial charge in [-0.1, -0.05) is 42.5 Å². The van der Waals surface area contributed by atoms with Crippen molar-refractivity contribution in [3.8, 4) is 5.75 Å². The van der Waals surface area contributed by atoms with Crippen molar-refractivity contribution in [2.24, 2.45) is 0 Å². The quantitative estimate of drug-likeness (QED) is 0.918. The number of aliphatic carboxylic acids is 1. The standard InChI is InChI=1S/C19H21NO3/c1-20-17(10-11-18(20)19(21)22)15-8-5-9-16(12-15)23-13-14-6-3-2-4-7-14/h2-9,12,17-18H,10-11,13H2,1H3,(H,21,22)/t17-,18+/m1/s1. The van der Waals surface area contributed by atoms with E-state index in [0.717, 1.165) is 23.3 Å². The van der Waals surface area contributed by atoms with Gasteiger partial charge in [-0.15, -0.1) is 0 Å². The van der Waals surface area contributed by atoms with E-state index in [1.54, 1.807) is 0 Å². The van der Waals surface area contributed by atoms with Crippen LogP contribution >= 0.6 is 0 Å². The summed E-state index contributed by atoms with van der Waals surface area (Å²) in [7, 11) is 1.88. The highest BCUT2D eigenvalue weighted by Gasteiger charge is 2.35. The van der Waals surface area contributed by atoms with Gasteiger partial charge in [-0.3, -0.25) is 9.69 Å². The fraction of sp³-hybridized carbons (Fsp3) is 0.316. The normalized spacial score (nSPS) is 21.3. The van der Waals surface area contributed by atoms with Crippen LogP contribution in [-0.4, -0.2) is 29.1 Å². The zero-order valence-electron chi connectivity index (χ0n) is 13.2. The van der Waals surface area contributed by atoms with Crippen LogP contribution in [-0.2, 0) is 11.4 Å². The summed E-state index contributed by atoms with van der Waals surface area (Å²) in [5.74, 6) is 0.0741. The number of carbonyl (C=O) groups is 1. The maximum Gasteiger partial charge on any atom is 0.320 e. The van der Waals surface area contributed by atoms with Gasteiger partial charge in [-0.25, -0.2) is 0 Å². The molecule has 0 aliphatic carbocycles. The predicted molar refractivity (Wildman–Crippen MR) is 88.4 cm³/mol. The van der Waals surface area contributed by atoms with Crippen LogP contribution in [0.2, 0.25) is 0 Å². The van der Waals surface area contributed by atoms with E-state index in [0.29, 0.717) is 13.0 Å². The number of carboxylic acid groups (broad SMARTS) is 1. The molecule has 1 N–H and O–H groups in total. The van der Waals surface area contributed by atoms with E-state index < -0.39 is 12.0 Å². The molecular formula is C19H21NO3. The Morgan fingerprint density at radius 3 is 2.65 bits per heavy atom. The van der Waals surface area contributed by atoms with Crippen LogP contribution in [0.5, 0.6) is 5.75 Å². The van der Waals surface area contributed by atoms with Crippen molar-refractivity contribution in [2.45, 2.75) is 31.5 Å². The van der Waals surface area contributed by atoms with Gasteiger partial charge in [0.15, 0.2) is 0 Å². The van der Waals surface area contributed by atoms with Crippen molar-refractivity contribution in [3.63, 3.8) is 0 Å². The Kier molecular flexibility index (Phi) is 4.63. The summed E-state index contributed by atoms with van der Waals surface area (Å²) in [5, 5.41) is 9.25. The van der Waals surface area contributed by atoms with Crippen LogP contribution in [0.25, 0.3) is 0 Å². The smallest absolute Gasteiger partial charge is 0.320 e. The molecule has 0 radical (unpaired) electrons. The van der Waals surface area contributed by atoms with Crippen molar-refractivity contribution < 1.29 is 14.6 Å². The Balaban J connectivity index is 1.69. The van der Waals surface area contributed by atoms with Crippen LogP contribution in [0.4, 0.5) is 0 Å². The number of likely N-dealkylation sites (N-methyl/N-ethyl adjacent to an activating group) is 1. The SMILES string of the molecule is CN1[C@@H](c2cccc(OCc3ccccc3)c2)CC[C@H]1C(=O)O. The lowest BCUT2D eigenvalue weighted by atomic mass is 10.0. The van der Waals surface area contributed by atoms with Gasteiger partial charge >= 0.3 is 5.97 Å². The molecule has 0 aromatic heterocycles. The molecule has 2 aromatic rings. The van der Waals surface area contributed by atoms with Gasteiger partial charge < -0.3 is 9.84 Å². The molecule has 4 nitrogen and oxygen atoms in total. The number of hydrogen-bond acceptors (Lipinski definition) is 3. The van der Waals surface area contributed by atoms with Gasteiger partial charge in [0, 0.05) is 6.04 Å². The largest absolute Gasteiger partial charge is 0.489 e. The molecular weight excluding hydrogens is 290 g/mol. The van der Waals surface area contributed by atoms with Gasteiger partial charge in [0.1, 0.15) is 18.4 Å². The highest BCUT2D eigenvalue weighted by Crippen LogP contribution is 2.35. The second-order valence-electron chi connectivity index (χ2n) is 5.96. The van der Waals surface area contributed by atoms with Gasteiger partial charge in [-0.2, -0.15) is 0 Å². The van der Waals surface area contributed by atoms with E-state index in [4.69, 9.17) is 4.74 Å². The molecule has 0 unspecified atom stereocenters. The molecule has 1 aliphatic rings. The number of hydrogen-bond donors (Lipinski definition) is 1. The predicted octanol–water partition coefficient (Wildman–Crippen LogP) is 3.49. The molecule has 4 heteroatoms. The second kappa shape index (κ2) is 6.84. The van der Waals surface area contributed by atoms with Crippen LogP contribution < -0.4 is 4.74 Å². The molecule has 23 heavy (non-hydrogen) atoms. The number of nitrogens with zero attached hydrogens (tertiary/aromatic N) is 1. The molecule has 2 atom stereocenters. The van der Waals surface area contributed by atoms with Gasteiger partial charge in [0.05, 0.1) is 0 Å². The maximum atomic E-state index is 11.2. The van der Waals surface area contributed by atoms with Crippen LogP contribution in [0.15, 0.2) is 54.6 Å². The monoisotopic (exact) mass is 311 g/mol. The van der Waals surface area contributed by atoms with E-state index in [-0.39, 0.29) is 6.04 Å². The Morgan fingerprint density at radius 2 is 1.96 bits per heavy atom. The fourth-order valence-corrected chi connectivity index (χ4v) is 3.19. The summed E-state index contributed by atoms with van der Waals surface area (Å²) in [6.07, 6.45) is 1.54. The molecule has 3 rings (SSSR count). The zero-order valence-corrected chi connectivity index (χ0v) is 13.2.